The number of amides is 1. The molecule has 24 heavy (non-hydrogen) atoms. The number of ether oxygens (including phenoxy) is 1. The van der Waals surface area contributed by atoms with Gasteiger partial charge in [-0.25, -0.2) is 9.97 Å². The van der Waals surface area contributed by atoms with Gasteiger partial charge in [0.1, 0.15) is 12.2 Å². The van der Waals surface area contributed by atoms with Gasteiger partial charge in [0.2, 0.25) is 5.69 Å². The Balaban J connectivity index is 1.51. The lowest BCUT2D eigenvalue weighted by Gasteiger charge is -2.29. The number of hydrogen-bond donors (Lipinski definition) is 1. The van der Waals surface area contributed by atoms with Crippen molar-refractivity contribution in [3.8, 4) is 11.9 Å². The molecule has 0 atom stereocenters. The molecule has 1 saturated carbocycles. The van der Waals surface area contributed by atoms with Gasteiger partial charge in [0, 0.05) is 36.4 Å². The molecule has 122 valence electrons. The molecule has 0 unspecified atom stereocenters. The first-order valence-corrected chi connectivity index (χ1v) is 7.85. The predicted molar refractivity (Wildman–Crippen MR) is 85.1 cm³/mol. The molecule has 2 heterocycles. The van der Waals surface area contributed by atoms with E-state index in [-0.39, 0.29) is 29.6 Å². The van der Waals surface area contributed by atoms with Crippen molar-refractivity contribution < 1.29 is 9.53 Å². The molecule has 1 aliphatic rings. The van der Waals surface area contributed by atoms with Crippen molar-refractivity contribution in [2.24, 2.45) is 0 Å². The molecule has 0 aromatic carbocycles. The van der Waals surface area contributed by atoms with Crippen molar-refractivity contribution in [3.63, 3.8) is 0 Å². The highest BCUT2D eigenvalue weighted by atomic mass is 16.5. The summed E-state index contributed by atoms with van der Waals surface area (Å²) in [6, 6.07) is 5.50. The minimum Gasteiger partial charge on any atom is -0.472 e. The van der Waals surface area contributed by atoms with Gasteiger partial charge in [-0.05, 0) is 37.8 Å². The summed E-state index contributed by atoms with van der Waals surface area (Å²) >= 11 is 0. The van der Waals surface area contributed by atoms with Gasteiger partial charge in [0.25, 0.3) is 11.8 Å². The van der Waals surface area contributed by atoms with E-state index in [1.54, 1.807) is 24.5 Å². The van der Waals surface area contributed by atoms with Crippen molar-refractivity contribution in [2.45, 2.75) is 37.8 Å². The minimum absolute atomic E-state index is 0.0112. The predicted octanol–water partition coefficient (Wildman–Crippen LogP) is 1.86. The number of aromatic nitrogens is 3. The number of rotatable bonds is 4. The van der Waals surface area contributed by atoms with Crippen LogP contribution in [0.5, 0.6) is 5.88 Å². The molecule has 0 radical (unpaired) electrons. The van der Waals surface area contributed by atoms with Crippen LogP contribution in [0.2, 0.25) is 0 Å². The maximum Gasteiger partial charge on any atom is 0.251 e. The second-order valence-corrected chi connectivity index (χ2v) is 5.62. The normalized spacial score (nSPS) is 20.0. The lowest BCUT2D eigenvalue weighted by Crippen LogP contribution is -2.39. The van der Waals surface area contributed by atoms with E-state index in [9.17, 15) is 4.79 Å². The third kappa shape index (κ3) is 3.84. The van der Waals surface area contributed by atoms with E-state index in [0.717, 1.165) is 25.7 Å². The summed E-state index contributed by atoms with van der Waals surface area (Å²) < 4.78 is 5.80. The second kappa shape index (κ2) is 7.51. The van der Waals surface area contributed by atoms with Gasteiger partial charge >= 0.3 is 0 Å². The Bertz CT molecular complexity index is 736. The number of carbonyl (C=O) groups is 1. The molecule has 3 rings (SSSR count). The van der Waals surface area contributed by atoms with E-state index < -0.39 is 0 Å². The monoisotopic (exact) mass is 323 g/mol. The molecule has 1 N–H and O–H groups in total. The summed E-state index contributed by atoms with van der Waals surface area (Å²) in [5.41, 5.74) is 0.812. The summed E-state index contributed by atoms with van der Waals surface area (Å²) in [6.07, 6.45) is 9.41. The maximum absolute atomic E-state index is 12.1. The Morgan fingerprint density at radius 3 is 2.54 bits per heavy atom. The van der Waals surface area contributed by atoms with Crippen LogP contribution >= 0.6 is 0 Å². The van der Waals surface area contributed by atoms with Crippen LogP contribution in [-0.2, 0) is 0 Å². The van der Waals surface area contributed by atoms with Gasteiger partial charge in [0.05, 0.1) is 0 Å². The fraction of sp³-hybridized carbons (Fsp3) is 0.353. The van der Waals surface area contributed by atoms with Crippen LogP contribution in [0.15, 0.2) is 36.9 Å². The Labute approximate surface area is 139 Å². The Hall–Kier alpha value is -3.01. The van der Waals surface area contributed by atoms with Gasteiger partial charge < -0.3 is 10.1 Å². The van der Waals surface area contributed by atoms with Gasteiger partial charge in [0.15, 0.2) is 0 Å². The molecule has 0 spiro atoms. The number of pyridine rings is 1. The number of carbonyl (C=O) groups excluding carboxylic acids is 1. The molecule has 0 aliphatic heterocycles. The zero-order valence-corrected chi connectivity index (χ0v) is 13.1. The minimum atomic E-state index is -0.0811. The lowest BCUT2D eigenvalue weighted by atomic mass is 9.92. The van der Waals surface area contributed by atoms with E-state index in [4.69, 9.17) is 10.00 Å². The first kappa shape index (κ1) is 15.9. The van der Waals surface area contributed by atoms with Crippen LogP contribution < -0.4 is 10.1 Å². The van der Waals surface area contributed by atoms with E-state index in [2.05, 4.69) is 20.3 Å². The standard InChI is InChI=1S/C17H17N5O2/c18-11-15-17(21-10-9-20-15)24-14-3-1-13(2-4-14)22-16(23)12-5-7-19-8-6-12/h5-10,13-14H,1-4H2,(H,22,23). The van der Waals surface area contributed by atoms with Gasteiger partial charge in [-0.3, -0.25) is 9.78 Å². The fourth-order valence-corrected chi connectivity index (χ4v) is 2.74. The van der Waals surface area contributed by atoms with Gasteiger partial charge in [-0.2, -0.15) is 5.26 Å². The third-order valence-electron chi connectivity index (χ3n) is 4.00. The highest BCUT2D eigenvalue weighted by Gasteiger charge is 2.25. The molecule has 2 aromatic heterocycles. The first-order chi connectivity index (χ1) is 11.8. The zero-order valence-electron chi connectivity index (χ0n) is 13.1. The summed E-state index contributed by atoms with van der Waals surface area (Å²) in [7, 11) is 0. The molecule has 1 amide bonds. The average Bonchev–Trinajstić information content (AvgIpc) is 2.64. The number of hydrogen-bond acceptors (Lipinski definition) is 6. The quantitative estimate of drug-likeness (QED) is 0.921. The van der Waals surface area contributed by atoms with E-state index in [1.165, 1.54) is 12.4 Å². The Morgan fingerprint density at radius 1 is 1.12 bits per heavy atom. The summed E-state index contributed by atoms with van der Waals surface area (Å²) in [4.78, 5) is 24.1. The van der Waals surface area contributed by atoms with E-state index in [1.807, 2.05) is 6.07 Å². The molecular weight excluding hydrogens is 306 g/mol. The second-order valence-electron chi connectivity index (χ2n) is 5.62. The largest absolute Gasteiger partial charge is 0.472 e. The van der Waals surface area contributed by atoms with Crippen LogP contribution in [0, 0.1) is 11.3 Å². The van der Waals surface area contributed by atoms with E-state index >= 15 is 0 Å². The van der Waals surface area contributed by atoms with Crippen LogP contribution in [0.1, 0.15) is 41.7 Å². The molecule has 1 aliphatic carbocycles. The number of nitrogens with one attached hydrogen (secondary N) is 1. The topological polar surface area (TPSA) is 101 Å². The highest BCUT2D eigenvalue weighted by Crippen LogP contribution is 2.24. The molecule has 0 bridgehead atoms. The van der Waals surface area contributed by atoms with Crippen molar-refractivity contribution in [1.29, 1.82) is 5.26 Å². The van der Waals surface area contributed by atoms with Crippen LogP contribution in [-0.4, -0.2) is 33.0 Å². The summed E-state index contributed by atoms with van der Waals surface area (Å²) in [6.45, 7) is 0. The van der Waals surface area contributed by atoms with Crippen molar-refractivity contribution >= 4 is 5.91 Å². The first-order valence-electron chi connectivity index (χ1n) is 7.85. The highest BCUT2D eigenvalue weighted by molar-refractivity contribution is 5.94. The van der Waals surface area contributed by atoms with Gasteiger partial charge in [-0.1, -0.05) is 0 Å². The van der Waals surface area contributed by atoms with E-state index in [0.29, 0.717) is 5.56 Å². The molecule has 0 saturated heterocycles. The van der Waals surface area contributed by atoms with Crippen LogP contribution in [0.25, 0.3) is 0 Å². The Kier molecular flexibility index (Phi) is 4.96. The summed E-state index contributed by atoms with van der Waals surface area (Å²) in [5.74, 6) is 0.201. The van der Waals surface area contributed by atoms with Crippen LogP contribution in [0.4, 0.5) is 0 Å². The molecule has 1 fully saturated rings. The smallest absolute Gasteiger partial charge is 0.251 e. The molecule has 7 nitrogen and oxygen atoms in total. The van der Waals surface area contributed by atoms with Gasteiger partial charge in [-0.15, -0.1) is 0 Å². The molecule has 2 aromatic rings. The van der Waals surface area contributed by atoms with Crippen molar-refractivity contribution in [2.75, 3.05) is 0 Å². The summed E-state index contributed by atoms with van der Waals surface area (Å²) in [5, 5.41) is 12.1. The Morgan fingerprint density at radius 2 is 1.83 bits per heavy atom. The van der Waals surface area contributed by atoms with Crippen molar-refractivity contribution in [3.05, 3.63) is 48.2 Å². The molecule has 7 heteroatoms. The number of nitrogens with zero attached hydrogens (tertiary/aromatic N) is 4. The lowest BCUT2D eigenvalue weighted by molar-refractivity contribution is 0.0889. The maximum atomic E-state index is 12.1. The third-order valence-corrected chi connectivity index (χ3v) is 4.00. The number of nitriles is 1. The van der Waals surface area contributed by atoms with Crippen LogP contribution in [0.3, 0.4) is 0 Å². The zero-order chi connectivity index (χ0) is 16.8. The fourth-order valence-electron chi connectivity index (χ4n) is 2.74. The molecular formula is C17H17N5O2. The SMILES string of the molecule is N#Cc1nccnc1OC1CCC(NC(=O)c2ccncc2)CC1. The van der Waals surface area contributed by atoms with Crippen molar-refractivity contribution in [1.82, 2.24) is 20.3 Å². The average molecular weight is 323 g/mol.